The minimum absolute atomic E-state index is 0.0618. The molecule has 0 aromatic heterocycles. The molecular weight excluding hydrogens is 161 g/mol. The van der Waals surface area contributed by atoms with Gasteiger partial charge >= 0.3 is 0 Å². The number of nitro groups is 1. The molecule has 0 fully saturated rings. The van der Waals surface area contributed by atoms with Gasteiger partial charge in [-0.2, -0.15) is 0 Å². The highest BCUT2D eigenvalue weighted by molar-refractivity contribution is 5.35. The predicted octanol–water partition coefficient (Wildman–Crippen LogP) is 2.30. The Morgan fingerprint density at radius 3 is 2.75 bits per heavy atom. The molecule has 0 aliphatic rings. The van der Waals surface area contributed by atoms with Crippen LogP contribution in [0.15, 0.2) is 18.2 Å². The van der Waals surface area contributed by atoms with E-state index in [0.29, 0.717) is 12.0 Å². The molecule has 1 aromatic carbocycles. The van der Waals surface area contributed by atoms with Crippen molar-refractivity contribution in [2.75, 3.05) is 0 Å². The van der Waals surface area contributed by atoms with Gasteiger partial charge in [0.05, 0.1) is 4.92 Å². The molecule has 0 atom stereocenters. The maximum absolute atomic E-state index is 12.8. The van der Waals surface area contributed by atoms with E-state index in [-0.39, 0.29) is 11.5 Å². The van der Waals surface area contributed by atoms with Crippen LogP contribution >= 0.6 is 0 Å². The molecule has 0 aliphatic heterocycles. The van der Waals surface area contributed by atoms with E-state index < -0.39 is 4.92 Å². The topological polar surface area (TPSA) is 43.1 Å². The Morgan fingerprint density at radius 1 is 1.58 bits per heavy atom. The molecule has 1 rings (SSSR count). The Hall–Kier alpha value is -1.45. The normalized spacial score (nSPS) is 9.83. The molecule has 0 aliphatic carbocycles. The van der Waals surface area contributed by atoms with Crippen molar-refractivity contribution in [3.8, 4) is 0 Å². The fraction of sp³-hybridized carbons (Fsp3) is 0.250. The lowest BCUT2D eigenvalue weighted by atomic mass is 10.1. The van der Waals surface area contributed by atoms with Crippen molar-refractivity contribution >= 4 is 5.69 Å². The van der Waals surface area contributed by atoms with Crippen LogP contribution in [0.5, 0.6) is 0 Å². The molecule has 0 bridgehead atoms. The first-order valence-corrected chi connectivity index (χ1v) is 3.58. The van der Waals surface area contributed by atoms with E-state index >= 15 is 0 Å². The molecule has 3 nitrogen and oxygen atoms in total. The van der Waals surface area contributed by atoms with Gasteiger partial charge in [0.25, 0.3) is 5.69 Å². The lowest BCUT2D eigenvalue weighted by Crippen LogP contribution is -1.92. The van der Waals surface area contributed by atoms with Gasteiger partial charge in [-0.05, 0) is 18.1 Å². The molecule has 0 heterocycles. The van der Waals surface area contributed by atoms with Crippen LogP contribution in [0, 0.1) is 15.9 Å². The van der Waals surface area contributed by atoms with Crippen LogP contribution in [0.1, 0.15) is 12.5 Å². The molecule has 0 unspecified atom stereocenters. The number of benzene rings is 1. The zero-order valence-electron chi connectivity index (χ0n) is 6.58. The minimum atomic E-state index is -0.529. The maximum Gasteiger partial charge on any atom is 0.269 e. The zero-order valence-corrected chi connectivity index (χ0v) is 6.58. The number of hydrogen-bond acceptors (Lipinski definition) is 2. The van der Waals surface area contributed by atoms with Gasteiger partial charge in [0, 0.05) is 12.1 Å². The largest absolute Gasteiger partial charge is 0.269 e. The lowest BCUT2D eigenvalue weighted by Gasteiger charge is -1.97. The van der Waals surface area contributed by atoms with Crippen LogP contribution in [-0.4, -0.2) is 4.92 Å². The number of hydrogen-bond donors (Lipinski definition) is 0. The first-order valence-electron chi connectivity index (χ1n) is 3.58. The summed E-state index contributed by atoms with van der Waals surface area (Å²) in [5, 5.41) is 10.3. The fourth-order valence-electron chi connectivity index (χ4n) is 0.946. The second-order valence-electron chi connectivity index (χ2n) is 2.39. The average Bonchev–Trinajstić information content (AvgIpc) is 2.05. The quantitative estimate of drug-likeness (QED) is 0.503. The van der Waals surface area contributed by atoms with Gasteiger partial charge in [0.15, 0.2) is 0 Å². The standard InChI is InChI=1S/C8H8FNO2/c1-2-6-5-7(10(11)12)3-4-8(6)9/h3-5H,2H2,1H3. The van der Waals surface area contributed by atoms with Gasteiger partial charge in [-0.1, -0.05) is 6.92 Å². The third-order valence-electron chi connectivity index (χ3n) is 1.62. The summed E-state index contributed by atoms with van der Waals surface area (Å²) in [7, 11) is 0. The van der Waals surface area contributed by atoms with E-state index in [1.54, 1.807) is 6.92 Å². The molecule has 0 radical (unpaired) electrons. The summed E-state index contributed by atoms with van der Waals surface area (Å²) in [5.41, 5.74) is 0.317. The number of halogens is 1. The molecule has 1 aromatic rings. The first-order chi connectivity index (χ1) is 5.65. The second-order valence-corrected chi connectivity index (χ2v) is 2.39. The van der Waals surface area contributed by atoms with Crippen molar-refractivity contribution in [3.05, 3.63) is 39.7 Å². The van der Waals surface area contributed by atoms with Crippen LogP contribution < -0.4 is 0 Å². The van der Waals surface area contributed by atoms with Gasteiger partial charge < -0.3 is 0 Å². The highest BCUT2D eigenvalue weighted by atomic mass is 19.1. The second kappa shape index (κ2) is 3.30. The van der Waals surface area contributed by atoms with Crippen molar-refractivity contribution in [1.29, 1.82) is 0 Å². The van der Waals surface area contributed by atoms with E-state index in [1.165, 1.54) is 6.07 Å². The van der Waals surface area contributed by atoms with Gasteiger partial charge in [-0.3, -0.25) is 10.1 Å². The predicted molar refractivity (Wildman–Crippen MR) is 42.4 cm³/mol. The van der Waals surface area contributed by atoms with Crippen molar-refractivity contribution in [2.45, 2.75) is 13.3 Å². The van der Waals surface area contributed by atoms with E-state index in [0.717, 1.165) is 12.1 Å². The number of nitrogens with zero attached hydrogens (tertiary/aromatic N) is 1. The third kappa shape index (κ3) is 1.58. The Bertz CT molecular complexity index is 312. The maximum atomic E-state index is 12.8. The molecule has 0 amide bonds. The monoisotopic (exact) mass is 169 g/mol. The first kappa shape index (κ1) is 8.64. The summed E-state index contributed by atoms with van der Waals surface area (Å²) in [5.74, 6) is -0.386. The van der Waals surface area contributed by atoms with Gasteiger partial charge in [-0.15, -0.1) is 0 Å². The molecule has 12 heavy (non-hydrogen) atoms. The minimum Gasteiger partial charge on any atom is -0.258 e. The molecule has 0 N–H and O–H groups in total. The summed E-state index contributed by atoms with van der Waals surface area (Å²) < 4.78 is 12.8. The average molecular weight is 169 g/mol. The van der Waals surface area contributed by atoms with Gasteiger partial charge in [0.2, 0.25) is 0 Å². The van der Waals surface area contributed by atoms with Gasteiger partial charge in [-0.25, -0.2) is 4.39 Å². The smallest absolute Gasteiger partial charge is 0.258 e. The van der Waals surface area contributed by atoms with Crippen molar-refractivity contribution in [1.82, 2.24) is 0 Å². The van der Waals surface area contributed by atoms with E-state index in [2.05, 4.69) is 0 Å². The molecule has 0 spiro atoms. The van der Waals surface area contributed by atoms with E-state index in [4.69, 9.17) is 0 Å². The van der Waals surface area contributed by atoms with Crippen LogP contribution in [0.25, 0.3) is 0 Å². The van der Waals surface area contributed by atoms with E-state index in [9.17, 15) is 14.5 Å². The Balaban J connectivity index is 3.13. The van der Waals surface area contributed by atoms with Crippen LogP contribution in [0.3, 0.4) is 0 Å². The molecule has 0 saturated heterocycles. The summed E-state index contributed by atoms with van der Waals surface area (Å²) in [6.07, 6.45) is 0.466. The number of rotatable bonds is 2. The fourth-order valence-corrected chi connectivity index (χ4v) is 0.946. The molecule has 64 valence electrons. The Labute approximate surface area is 69.0 Å². The zero-order chi connectivity index (χ0) is 9.14. The van der Waals surface area contributed by atoms with Crippen LogP contribution in [0.2, 0.25) is 0 Å². The number of aryl methyl sites for hydroxylation is 1. The summed E-state index contributed by atoms with van der Waals surface area (Å²) in [4.78, 5) is 9.73. The summed E-state index contributed by atoms with van der Waals surface area (Å²) in [6.45, 7) is 1.75. The molecule has 4 heteroatoms. The molecular formula is C8H8FNO2. The lowest BCUT2D eigenvalue weighted by molar-refractivity contribution is -0.385. The van der Waals surface area contributed by atoms with Crippen LogP contribution in [0.4, 0.5) is 10.1 Å². The van der Waals surface area contributed by atoms with Crippen molar-refractivity contribution < 1.29 is 9.31 Å². The van der Waals surface area contributed by atoms with Crippen LogP contribution in [-0.2, 0) is 6.42 Å². The Kier molecular flexibility index (Phi) is 2.38. The highest BCUT2D eigenvalue weighted by Gasteiger charge is 2.08. The van der Waals surface area contributed by atoms with Gasteiger partial charge in [0.1, 0.15) is 5.82 Å². The number of nitro benzene ring substituents is 1. The SMILES string of the molecule is CCc1cc([N+](=O)[O-])ccc1F. The summed E-state index contributed by atoms with van der Waals surface area (Å²) in [6, 6.07) is 3.54. The third-order valence-corrected chi connectivity index (χ3v) is 1.62. The Morgan fingerprint density at radius 2 is 2.25 bits per heavy atom. The highest BCUT2D eigenvalue weighted by Crippen LogP contribution is 2.16. The van der Waals surface area contributed by atoms with Crippen molar-refractivity contribution in [3.63, 3.8) is 0 Å². The summed E-state index contributed by atoms with van der Waals surface area (Å²) >= 11 is 0. The van der Waals surface area contributed by atoms with E-state index in [1.807, 2.05) is 0 Å². The molecule has 0 saturated carbocycles. The number of non-ortho nitro benzene ring substituents is 1. The van der Waals surface area contributed by atoms with Crippen molar-refractivity contribution in [2.24, 2.45) is 0 Å².